The van der Waals surface area contributed by atoms with Gasteiger partial charge < -0.3 is 24.4 Å². The van der Waals surface area contributed by atoms with Crippen molar-refractivity contribution >= 4 is 5.96 Å². The third-order valence-corrected chi connectivity index (χ3v) is 4.30. The zero-order valence-corrected chi connectivity index (χ0v) is 16.2. The molecular weight excluding hydrogens is 332 g/mol. The summed E-state index contributed by atoms with van der Waals surface area (Å²) in [7, 11) is 3.35. The fourth-order valence-corrected chi connectivity index (χ4v) is 2.93. The van der Waals surface area contributed by atoms with E-state index in [1.165, 1.54) is 0 Å². The Morgan fingerprint density at radius 3 is 2.77 bits per heavy atom. The van der Waals surface area contributed by atoms with Crippen LogP contribution in [0.25, 0.3) is 0 Å². The van der Waals surface area contributed by atoms with Crippen LogP contribution in [0.15, 0.2) is 23.2 Å². The fourth-order valence-electron chi connectivity index (χ4n) is 2.93. The molecule has 26 heavy (non-hydrogen) atoms. The van der Waals surface area contributed by atoms with Gasteiger partial charge in [-0.2, -0.15) is 0 Å². The maximum Gasteiger partial charge on any atom is 0.213 e. The first-order valence-corrected chi connectivity index (χ1v) is 9.40. The molecule has 7 nitrogen and oxygen atoms in total. The van der Waals surface area contributed by atoms with Crippen molar-refractivity contribution in [3.05, 3.63) is 23.9 Å². The molecule has 1 aromatic heterocycles. The summed E-state index contributed by atoms with van der Waals surface area (Å²) in [6.07, 6.45) is 3.34. The van der Waals surface area contributed by atoms with Gasteiger partial charge in [-0.15, -0.1) is 0 Å². The number of hydrogen-bond acceptors (Lipinski definition) is 5. The van der Waals surface area contributed by atoms with E-state index in [0.29, 0.717) is 18.5 Å². The fraction of sp³-hybridized carbons (Fsp3) is 0.684. The van der Waals surface area contributed by atoms with Crippen molar-refractivity contribution in [3.8, 4) is 5.88 Å². The number of methoxy groups -OCH3 is 2. The highest BCUT2D eigenvalue weighted by molar-refractivity contribution is 5.80. The topological polar surface area (TPSA) is 68.2 Å². The second-order valence-electron chi connectivity index (χ2n) is 6.25. The lowest BCUT2D eigenvalue weighted by molar-refractivity contribution is 0.00990. The third-order valence-electron chi connectivity index (χ3n) is 4.30. The molecule has 0 aliphatic carbocycles. The van der Waals surface area contributed by atoms with Gasteiger partial charge in [0.2, 0.25) is 5.88 Å². The first kappa shape index (κ1) is 20.5. The zero-order chi connectivity index (χ0) is 18.6. The van der Waals surface area contributed by atoms with Gasteiger partial charge in [0.25, 0.3) is 0 Å². The molecule has 1 aliphatic rings. The van der Waals surface area contributed by atoms with Crippen LogP contribution in [0.3, 0.4) is 0 Å². The highest BCUT2D eigenvalue weighted by Crippen LogP contribution is 2.15. The maximum atomic E-state index is 5.94. The number of nitrogens with one attached hydrogen (secondary N) is 1. The van der Waals surface area contributed by atoms with E-state index >= 15 is 0 Å². The van der Waals surface area contributed by atoms with Crippen LogP contribution >= 0.6 is 0 Å². The number of guanidine groups is 1. The zero-order valence-electron chi connectivity index (χ0n) is 16.2. The largest absolute Gasteiger partial charge is 0.481 e. The molecular formula is C19H32N4O3. The van der Waals surface area contributed by atoms with Crippen LogP contribution in [0.5, 0.6) is 5.88 Å². The van der Waals surface area contributed by atoms with Crippen molar-refractivity contribution < 1.29 is 14.2 Å². The van der Waals surface area contributed by atoms with E-state index in [1.807, 2.05) is 18.2 Å². The van der Waals surface area contributed by atoms with Crippen LogP contribution in [-0.4, -0.2) is 69.0 Å². The average molecular weight is 364 g/mol. The minimum absolute atomic E-state index is 0.339. The Labute approximate surface area is 156 Å². The molecule has 2 rings (SSSR count). The van der Waals surface area contributed by atoms with Gasteiger partial charge in [-0.1, -0.05) is 6.07 Å². The Morgan fingerprint density at radius 2 is 2.08 bits per heavy atom. The molecule has 1 fully saturated rings. The molecule has 1 N–H and O–H groups in total. The summed E-state index contributed by atoms with van der Waals surface area (Å²) in [5.74, 6) is 1.56. The Kier molecular flexibility index (Phi) is 9.20. The standard InChI is InChI=1S/C19H32N4O3/c1-4-20-19(21-15-16-7-5-8-18(22-16)25-3)23-11-9-17(10-12-23)26-14-6-13-24-2/h5,7-8,17H,4,6,9-15H2,1-3H3,(H,20,21). The van der Waals surface area contributed by atoms with Crippen LogP contribution in [0.2, 0.25) is 0 Å². The second kappa shape index (κ2) is 11.7. The van der Waals surface area contributed by atoms with Crippen LogP contribution in [-0.2, 0) is 16.0 Å². The normalized spacial score (nSPS) is 16.0. The van der Waals surface area contributed by atoms with Gasteiger partial charge in [0.1, 0.15) is 0 Å². The summed E-state index contributed by atoms with van der Waals surface area (Å²) in [5, 5.41) is 3.39. The van der Waals surface area contributed by atoms with Crippen LogP contribution < -0.4 is 10.1 Å². The van der Waals surface area contributed by atoms with Crippen molar-refractivity contribution in [1.82, 2.24) is 15.2 Å². The number of nitrogens with zero attached hydrogens (tertiary/aromatic N) is 3. The van der Waals surface area contributed by atoms with Crippen LogP contribution in [0, 0.1) is 0 Å². The lowest BCUT2D eigenvalue weighted by Gasteiger charge is -2.34. The summed E-state index contributed by atoms with van der Waals surface area (Å²) in [6.45, 7) is 6.90. The molecule has 0 bridgehead atoms. The van der Waals surface area contributed by atoms with Crippen molar-refractivity contribution in [1.29, 1.82) is 0 Å². The van der Waals surface area contributed by atoms with E-state index in [9.17, 15) is 0 Å². The van der Waals surface area contributed by atoms with Crippen molar-refractivity contribution in [3.63, 3.8) is 0 Å². The Balaban J connectivity index is 1.85. The molecule has 0 atom stereocenters. The average Bonchev–Trinajstić information content (AvgIpc) is 2.69. The van der Waals surface area contributed by atoms with E-state index in [2.05, 4.69) is 22.1 Å². The van der Waals surface area contributed by atoms with Crippen LogP contribution in [0.1, 0.15) is 31.9 Å². The third kappa shape index (κ3) is 6.80. The quantitative estimate of drug-likeness (QED) is 0.411. The SMILES string of the molecule is CCNC(=NCc1cccc(OC)n1)N1CCC(OCCCOC)CC1. The van der Waals surface area contributed by atoms with Crippen molar-refractivity contribution in [2.45, 2.75) is 38.8 Å². The maximum absolute atomic E-state index is 5.94. The molecule has 7 heteroatoms. The lowest BCUT2D eigenvalue weighted by atomic mass is 10.1. The molecule has 0 unspecified atom stereocenters. The van der Waals surface area contributed by atoms with Gasteiger partial charge >= 0.3 is 0 Å². The number of rotatable bonds is 9. The predicted molar refractivity (Wildman–Crippen MR) is 103 cm³/mol. The van der Waals surface area contributed by atoms with Gasteiger partial charge in [0.05, 0.1) is 25.5 Å². The van der Waals surface area contributed by atoms with Gasteiger partial charge in [-0.05, 0) is 32.3 Å². The molecule has 2 heterocycles. The van der Waals surface area contributed by atoms with E-state index in [0.717, 1.165) is 63.8 Å². The summed E-state index contributed by atoms with van der Waals surface area (Å²) >= 11 is 0. The molecule has 1 aliphatic heterocycles. The van der Waals surface area contributed by atoms with E-state index in [4.69, 9.17) is 19.2 Å². The number of piperidine rings is 1. The van der Waals surface area contributed by atoms with Gasteiger partial charge in [-0.3, -0.25) is 0 Å². The van der Waals surface area contributed by atoms with E-state index in [-0.39, 0.29) is 0 Å². The number of hydrogen-bond donors (Lipinski definition) is 1. The summed E-state index contributed by atoms with van der Waals surface area (Å²) < 4.78 is 16.2. The molecule has 1 saturated heterocycles. The number of ether oxygens (including phenoxy) is 3. The molecule has 1 aromatic rings. The second-order valence-corrected chi connectivity index (χ2v) is 6.25. The number of likely N-dealkylation sites (tertiary alicyclic amines) is 1. The predicted octanol–water partition coefficient (Wildman–Crippen LogP) is 2.07. The molecule has 0 aromatic carbocycles. The summed E-state index contributed by atoms with van der Waals surface area (Å²) in [6, 6.07) is 5.75. The number of pyridine rings is 1. The van der Waals surface area contributed by atoms with E-state index < -0.39 is 0 Å². The minimum Gasteiger partial charge on any atom is -0.481 e. The van der Waals surface area contributed by atoms with Crippen molar-refractivity contribution in [2.24, 2.45) is 4.99 Å². The first-order chi connectivity index (χ1) is 12.8. The highest BCUT2D eigenvalue weighted by atomic mass is 16.5. The number of aromatic nitrogens is 1. The van der Waals surface area contributed by atoms with Gasteiger partial charge in [-0.25, -0.2) is 9.98 Å². The lowest BCUT2D eigenvalue weighted by Crippen LogP contribution is -2.47. The Bertz CT molecular complexity index is 545. The summed E-state index contributed by atoms with van der Waals surface area (Å²) in [4.78, 5) is 11.5. The van der Waals surface area contributed by atoms with Gasteiger partial charge in [0, 0.05) is 46.0 Å². The molecule has 0 radical (unpaired) electrons. The molecule has 0 saturated carbocycles. The van der Waals surface area contributed by atoms with Gasteiger partial charge in [0.15, 0.2) is 5.96 Å². The van der Waals surface area contributed by atoms with E-state index in [1.54, 1.807) is 14.2 Å². The summed E-state index contributed by atoms with van der Waals surface area (Å²) in [5.41, 5.74) is 0.899. The van der Waals surface area contributed by atoms with Crippen LogP contribution in [0.4, 0.5) is 0 Å². The first-order valence-electron chi connectivity index (χ1n) is 9.40. The smallest absolute Gasteiger partial charge is 0.213 e. The molecule has 146 valence electrons. The molecule has 0 amide bonds. The Morgan fingerprint density at radius 1 is 1.27 bits per heavy atom. The molecule has 0 spiro atoms. The monoisotopic (exact) mass is 364 g/mol. The Hall–Kier alpha value is -1.86. The van der Waals surface area contributed by atoms with Crippen molar-refractivity contribution in [2.75, 3.05) is 47.1 Å². The number of aliphatic imine (C=N–C) groups is 1. The highest BCUT2D eigenvalue weighted by Gasteiger charge is 2.21. The minimum atomic E-state index is 0.339.